The summed E-state index contributed by atoms with van der Waals surface area (Å²) in [6.45, 7) is 1.94. The summed E-state index contributed by atoms with van der Waals surface area (Å²) in [6.07, 6.45) is 0. The number of nitrogens with one attached hydrogen (secondary N) is 1. The molecule has 4 rings (SSSR count). The number of benzene rings is 3. The molecule has 1 aromatic heterocycles. The summed E-state index contributed by atoms with van der Waals surface area (Å²) < 4.78 is 5.82. The van der Waals surface area contributed by atoms with Gasteiger partial charge >= 0.3 is 0 Å². The van der Waals surface area contributed by atoms with Crippen LogP contribution in [0.5, 0.6) is 11.5 Å². The van der Waals surface area contributed by atoms with Gasteiger partial charge in [0.2, 0.25) is 5.13 Å². The Morgan fingerprint density at radius 2 is 1.70 bits per heavy atom. The van der Waals surface area contributed by atoms with Gasteiger partial charge in [0.15, 0.2) is 0 Å². The predicted octanol–water partition coefficient (Wildman–Crippen LogP) is 7.75. The Morgan fingerprint density at radius 1 is 0.967 bits per heavy atom. The maximum atomic E-state index is 6.27. The Labute approximate surface area is 188 Å². The number of rotatable bonds is 6. The molecule has 0 aliphatic rings. The Balaban J connectivity index is 1.42. The van der Waals surface area contributed by atoms with Gasteiger partial charge in [-0.25, -0.2) is 4.98 Å². The number of hydrogen-bond donors (Lipinski definition) is 1. The molecule has 3 aromatic carbocycles. The monoisotopic (exact) mass is 453 g/mol. The number of hydrogen-bond acceptors (Lipinski definition) is 5. The van der Waals surface area contributed by atoms with Crippen molar-refractivity contribution in [2.75, 3.05) is 5.43 Å². The van der Waals surface area contributed by atoms with Crippen LogP contribution >= 0.6 is 34.5 Å². The molecule has 0 unspecified atom stereocenters. The van der Waals surface area contributed by atoms with Crippen molar-refractivity contribution < 1.29 is 4.74 Å². The molecular weight excluding hydrogens is 437 g/mol. The Morgan fingerprint density at radius 3 is 2.43 bits per heavy atom. The van der Waals surface area contributed by atoms with E-state index in [2.05, 4.69) is 15.5 Å². The summed E-state index contributed by atoms with van der Waals surface area (Å²) in [6, 6.07) is 22.8. The first-order valence-electron chi connectivity index (χ1n) is 9.13. The molecule has 0 aliphatic heterocycles. The van der Waals surface area contributed by atoms with Crippen molar-refractivity contribution >= 4 is 45.4 Å². The second-order valence-electron chi connectivity index (χ2n) is 6.41. The molecule has 0 fully saturated rings. The normalized spacial score (nSPS) is 11.4. The minimum Gasteiger partial charge on any atom is -0.457 e. The molecule has 30 heavy (non-hydrogen) atoms. The van der Waals surface area contributed by atoms with Gasteiger partial charge < -0.3 is 4.74 Å². The van der Waals surface area contributed by atoms with Crippen molar-refractivity contribution in [3.8, 4) is 22.8 Å². The smallest absolute Gasteiger partial charge is 0.203 e. The Bertz CT molecular complexity index is 1170. The molecule has 1 heterocycles. The summed E-state index contributed by atoms with van der Waals surface area (Å²) in [5, 5.41) is 8.21. The molecule has 4 aromatic rings. The summed E-state index contributed by atoms with van der Waals surface area (Å²) in [7, 11) is 0. The molecule has 0 radical (unpaired) electrons. The van der Waals surface area contributed by atoms with Crippen LogP contribution in [0.15, 0.2) is 83.3 Å². The standard InChI is InChI=1S/C23H17Cl2N3OS/c1-15(16-7-10-19(11-8-16)29-18-5-3-2-4-6-18)27-28-23-26-22(14-30-23)20-12-9-17(24)13-21(20)25/h2-14H,1H3,(H,26,28)/b27-15+. The molecule has 0 saturated heterocycles. The van der Waals surface area contributed by atoms with Crippen LogP contribution in [-0.2, 0) is 0 Å². The third kappa shape index (κ3) is 5.00. The largest absolute Gasteiger partial charge is 0.457 e. The van der Waals surface area contributed by atoms with E-state index in [4.69, 9.17) is 27.9 Å². The number of hydrazone groups is 1. The lowest BCUT2D eigenvalue weighted by atomic mass is 10.1. The van der Waals surface area contributed by atoms with Crippen molar-refractivity contribution in [2.45, 2.75) is 6.92 Å². The highest BCUT2D eigenvalue weighted by molar-refractivity contribution is 7.14. The number of para-hydroxylation sites is 1. The summed E-state index contributed by atoms with van der Waals surface area (Å²) >= 11 is 13.7. The molecule has 0 bridgehead atoms. The van der Waals surface area contributed by atoms with Crippen LogP contribution in [0.4, 0.5) is 5.13 Å². The number of halogens is 2. The SMILES string of the molecule is C/C(=N\Nc1nc(-c2ccc(Cl)cc2Cl)cs1)c1ccc(Oc2ccccc2)cc1. The first kappa shape index (κ1) is 20.4. The number of ether oxygens (including phenoxy) is 1. The van der Waals surface area contributed by atoms with Gasteiger partial charge in [0.25, 0.3) is 0 Å². The van der Waals surface area contributed by atoms with Crippen molar-refractivity contribution in [3.05, 3.63) is 93.8 Å². The summed E-state index contributed by atoms with van der Waals surface area (Å²) in [5.41, 5.74) is 6.45. The van der Waals surface area contributed by atoms with Crippen LogP contribution in [0.25, 0.3) is 11.3 Å². The second-order valence-corrected chi connectivity index (χ2v) is 8.11. The van der Waals surface area contributed by atoms with Gasteiger partial charge in [-0.05, 0) is 67.1 Å². The van der Waals surface area contributed by atoms with Crippen molar-refractivity contribution in [1.82, 2.24) is 4.98 Å². The first-order chi connectivity index (χ1) is 14.6. The van der Waals surface area contributed by atoms with Crippen molar-refractivity contribution in [1.29, 1.82) is 0 Å². The first-order valence-corrected chi connectivity index (χ1v) is 10.8. The van der Waals surface area contributed by atoms with Crippen LogP contribution in [0, 0.1) is 0 Å². The highest BCUT2D eigenvalue weighted by Gasteiger charge is 2.09. The third-order valence-corrected chi connectivity index (χ3v) is 5.58. The average Bonchev–Trinajstić information content (AvgIpc) is 3.22. The van der Waals surface area contributed by atoms with Crippen LogP contribution in [-0.4, -0.2) is 10.7 Å². The van der Waals surface area contributed by atoms with Gasteiger partial charge in [-0.1, -0.05) is 41.4 Å². The van der Waals surface area contributed by atoms with Crippen LogP contribution in [0.1, 0.15) is 12.5 Å². The quantitative estimate of drug-likeness (QED) is 0.239. The molecule has 7 heteroatoms. The summed E-state index contributed by atoms with van der Waals surface area (Å²) in [5.74, 6) is 1.58. The van der Waals surface area contributed by atoms with E-state index in [0.29, 0.717) is 15.2 Å². The lowest BCUT2D eigenvalue weighted by molar-refractivity contribution is 0.482. The fourth-order valence-corrected chi connectivity index (χ4v) is 3.89. The van der Waals surface area contributed by atoms with Crippen LogP contribution in [0.3, 0.4) is 0 Å². The van der Waals surface area contributed by atoms with E-state index in [1.165, 1.54) is 11.3 Å². The molecule has 0 amide bonds. The van der Waals surface area contributed by atoms with E-state index in [1.54, 1.807) is 12.1 Å². The average molecular weight is 454 g/mol. The van der Waals surface area contributed by atoms with Gasteiger partial charge in [0, 0.05) is 16.0 Å². The molecule has 0 spiro atoms. The maximum Gasteiger partial charge on any atom is 0.203 e. The lowest BCUT2D eigenvalue weighted by Crippen LogP contribution is -1.99. The third-order valence-electron chi connectivity index (χ3n) is 4.28. The fraction of sp³-hybridized carbons (Fsp3) is 0.0435. The molecule has 4 nitrogen and oxygen atoms in total. The summed E-state index contributed by atoms with van der Waals surface area (Å²) in [4.78, 5) is 4.55. The zero-order valence-electron chi connectivity index (χ0n) is 16.0. The maximum absolute atomic E-state index is 6.27. The number of nitrogens with zero attached hydrogens (tertiary/aromatic N) is 2. The van der Waals surface area contributed by atoms with E-state index in [0.717, 1.165) is 34.0 Å². The van der Waals surface area contributed by atoms with E-state index in [1.807, 2.05) is 73.0 Å². The molecular formula is C23H17Cl2N3OS. The van der Waals surface area contributed by atoms with E-state index in [9.17, 15) is 0 Å². The zero-order chi connectivity index (χ0) is 20.9. The highest BCUT2D eigenvalue weighted by Crippen LogP contribution is 2.32. The predicted molar refractivity (Wildman–Crippen MR) is 126 cm³/mol. The molecule has 150 valence electrons. The van der Waals surface area contributed by atoms with Gasteiger partial charge in [-0.2, -0.15) is 5.10 Å². The highest BCUT2D eigenvalue weighted by atomic mass is 35.5. The van der Waals surface area contributed by atoms with E-state index < -0.39 is 0 Å². The van der Waals surface area contributed by atoms with Crippen molar-refractivity contribution in [2.24, 2.45) is 5.10 Å². The van der Waals surface area contributed by atoms with E-state index >= 15 is 0 Å². The van der Waals surface area contributed by atoms with E-state index in [-0.39, 0.29) is 0 Å². The number of aromatic nitrogens is 1. The van der Waals surface area contributed by atoms with Gasteiger partial charge in [-0.15, -0.1) is 11.3 Å². The minimum absolute atomic E-state index is 0.567. The minimum atomic E-state index is 0.567. The fourth-order valence-electron chi connectivity index (χ4n) is 2.73. The molecule has 0 saturated carbocycles. The second kappa shape index (κ2) is 9.30. The molecule has 1 N–H and O–H groups in total. The Hall–Kier alpha value is -2.86. The number of thiazole rings is 1. The molecule has 0 aliphatic carbocycles. The van der Waals surface area contributed by atoms with Crippen LogP contribution in [0.2, 0.25) is 10.0 Å². The molecule has 0 atom stereocenters. The van der Waals surface area contributed by atoms with Crippen molar-refractivity contribution in [3.63, 3.8) is 0 Å². The topological polar surface area (TPSA) is 46.5 Å². The lowest BCUT2D eigenvalue weighted by Gasteiger charge is -2.06. The van der Waals surface area contributed by atoms with Crippen LogP contribution < -0.4 is 10.2 Å². The van der Waals surface area contributed by atoms with Gasteiger partial charge in [-0.3, -0.25) is 5.43 Å². The Kier molecular flexibility index (Phi) is 6.33. The van der Waals surface area contributed by atoms with Gasteiger partial charge in [0.1, 0.15) is 11.5 Å². The zero-order valence-corrected chi connectivity index (χ0v) is 18.3. The van der Waals surface area contributed by atoms with Gasteiger partial charge in [0.05, 0.1) is 16.4 Å². The number of anilines is 1.